The average Bonchev–Trinajstić information content (AvgIpc) is 2.94. The number of aromatic nitrogens is 2. The van der Waals surface area contributed by atoms with Crippen LogP contribution in [0.3, 0.4) is 0 Å². The molecule has 0 amide bonds. The maximum atomic E-state index is 11.7. The van der Waals surface area contributed by atoms with Crippen LogP contribution in [0, 0.1) is 5.92 Å². The number of Topliss-reactive ketones (excluding diaryl/α,β-unsaturated/α-hetero) is 1. The van der Waals surface area contributed by atoms with Crippen molar-refractivity contribution in [1.82, 2.24) is 10.1 Å². The number of hydrogen-bond donors (Lipinski definition) is 1. The summed E-state index contributed by atoms with van der Waals surface area (Å²) in [6, 6.07) is -0.558. The Balaban J connectivity index is 2.11. The second-order valence-electron chi connectivity index (χ2n) is 4.37. The van der Waals surface area contributed by atoms with Crippen molar-refractivity contribution in [2.24, 2.45) is 11.7 Å². The predicted molar refractivity (Wildman–Crippen MR) is 53.4 cm³/mol. The SMILES string of the molecule is CC(C)C(N)C(=O)c1nc(C2CC2)no1. The van der Waals surface area contributed by atoms with E-state index >= 15 is 0 Å². The van der Waals surface area contributed by atoms with Gasteiger partial charge < -0.3 is 10.3 Å². The summed E-state index contributed by atoms with van der Waals surface area (Å²) in [7, 11) is 0. The van der Waals surface area contributed by atoms with Crippen molar-refractivity contribution in [2.75, 3.05) is 0 Å². The van der Waals surface area contributed by atoms with Crippen LogP contribution < -0.4 is 5.73 Å². The lowest BCUT2D eigenvalue weighted by molar-refractivity contribution is 0.0896. The second-order valence-corrected chi connectivity index (χ2v) is 4.37. The second kappa shape index (κ2) is 3.73. The molecule has 1 saturated carbocycles. The quantitative estimate of drug-likeness (QED) is 0.751. The Kier molecular flexibility index (Phi) is 2.56. The van der Waals surface area contributed by atoms with E-state index in [1.54, 1.807) is 0 Å². The number of nitrogens with two attached hydrogens (primary N) is 1. The zero-order valence-corrected chi connectivity index (χ0v) is 8.93. The molecular formula is C10H15N3O2. The zero-order chi connectivity index (χ0) is 11.0. The van der Waals surface area contributed by atoms with Gasteiger partial charge in [0.15, 0.2) is 5.82 Å². The van der Waals surface area contributed by atoms with Gasteiger partial charge in [0.1, 0.15) is 0 Å². The Labute approximate surface area is 88.0 Å². The highest BCUT2D eigenvalue weighted by Gasteiger charge is 2.31. The number of rotatable bonds is 4. The van der Waals surface area contributed by atoms with Crippen LogP contribution in [0.2, 0.25) is 0 Å². The summed E-state index contributed by atoms with van der Waals surface area (Å²) in [5.74, 6) is 0.913. The summed E-state index contributed by atoms with van der Waals surface area (Å²) in [4.78, 5) is 15.8. The van der Waals surface area contributed by atoms with Crippen LogP contribution in [-0.4, -0.2) is 22.0 Å². The lowest BCUT2D eigenvalue weighted by Gasteiger charge is -2.10. The predicted octanol–water partition coefficient (Wildman–Crippen LogP) is 1.11. The molecule has 5 nitrogen and oxygen atoms in total. The molecule has 1 aromatic rings. The fraction of sp³-hybridized carbons (Fsp3) is 0.700. The molecule has 0 spiro atoms. The van der Waals surface area contributed by atoms with Crippen molar-refractivity contribution in [3.05, 3.63) is 11.7 Å². The van der Waals surface area contributed by atoms with Crippen molar-refractivity contribution in [1.29, 1.82) is 0 Å². The number of ketones is 1. The normalized spacial score (nSPS) is 18.1. The smallest absolute Gasteiger partial charge is 0.295 e. The van der Waals surface area contributed by atoms with E-state index in [0.717, 1.165) is 12.8 Å². The summed E-state index contributed by atoms with van der Waals surface area (Å²) >= 11 is 0. The molecule has 1 aliphatic rings. The van der Waals surface area contributed by atoms with E-state index in [-0.39, 0.29) is 17.6 Å². The van der Waals surface area contributed by atoms with Crippen LogP contribution in [-0.2, 0) is 0 Å². The molecule has 2 rings (SSSR count). The molecule has 82 valence electrons. The minimum atomic E-state index is -0.558. The average molecular weight is 209 g/mol. The lowest BCUT2D eigenvalue weighted by Crippen LogP contribution is -2.35. The Hall–Kier alpha value is -1.23. The Morgan fingerprint density at radius 3 is 2.73 bits per heavy atom. The van der Waals surface area contributed by atoms with Gasteiger partial charge >= 0.3 is 0 Å². The molecule has 1 aromatic heterocycles. The molecule has 1 atom stereocenters. The third kappa shape index (κ3) is 2.07. The first kappa shape index (κ1) is 10.3. The first-order valence-corrected chi connectivity index (χ1v) is 5.23. The van der Waals surface area contributed by atoms with Crippen LogP contribution in [0.25, 0.3) is 0 Å². The Bertz CT molecular complexity index is 368. The van der Waals surface area contributed by atoms with Gasteiger partial charge in [0, 0.05) is 5.92 Å². The van der Waals surface area contributed by atoms with Crippen molar-refractivity contribution >= 4 is 5.78 Å². The molecule has 2 N–H and O–H groups in total. The highest BCUT2D eigenvalue weighted by Crippen LogP contribution is 2.38. The molecular weight excluding hydrogens is 194 g/mol. The molecule has 0 aromatic carbocycles. The zero-order valence-electron chi connectivity index (χ0n) is 8.93. The van der Waals surface area contributed by atoms with E-state index in [1.807, 2.05) is 13.8 Å². The minimum Gasteiger partial charge on any atom is -0.331 e. The summed E-state index contributed by atoms with van der Waals surface area (Å²) in [6.45, 7) is 3.78. The lowest BCUT2D eigenvalue weighted by atomic mass is 10.0. The number of carbonyl (C=O) groups excluding carboxylic acids is 1. The Morgan fingerprint density at radius 2 is 2.20 bits per heavy atom. The molecule has 1 heterocycles. The largest absolute Gasteiger partial charge is 0.331 e. The van der Waals surface area contributed by atoms with E-state index in [4.69, 9.17) is 10.3 Å². The van der Waals surface area contributed by atoms with Gasteiger partial charge in [-0.05, 0) is 18.8 Å². The number of hydrogen-bond acceptors (Lipinski definition) is 5. The van der Waals surface area contributed by atoms with Gasteiger partial charge in [-0.2, -0.15) is 4.98 Å². The molecule has 0 saturated heterocycles. The Morgan fingerprint density at radius 1 is 1.53 bits per heavy atom. The summed E-state index contributed by atoms with van der Waals surface area (Å²) < 4.78 is 4.91. The van der Waals surface area contributed by atoms with Gasteiger partial charge in [0.05, 0.1) is 6.04 Å². The maximum absolute atomic E-state index is 11.7. The number of carbonyl (C=O) groups is 1. The summed E-state index contributed by atoms with van der Waals surface area (Å²) in [5, 5.41) is 3.78. The van der Waals surface area contributed by atoms with E-state index < -0.39 is 6.04 Å². The molecule has 15 heavy (non-hydrogen) atoms. The first-order chi connectivity index (χ1) is 7.09. The van der Waals surface area contributed by atoms with Gasteiger partial charge in [-0.3, -0.25) is 4.79 Å². The topological polar surface area (TPSA) is 82.0 Å². The van der Waals surface area contributed by atoms with Crippen molar-refractivity contribution in [2.45, 2.75) is 38.6 Å². The first-order valence-electron chi connectivity index (χ1n) is 5.23. The summed E-state index contributed by atoms with van der Waals surface area (Å²) in [5.41, 5.74) is 5.72. The van der Waals surface area contributed by atoms with Crippen molar-refractivity contribution < 1.29 is 9.32 Å². The van der Waals surface area contributed by atoms with Gasteiger partial charge in [0.2, 0.25) is 5.78 Å². The molecule has 1 unspecified atom stereocenters. The third-order valence-corrected chi connectivity index (χ3v) is 2.62. The molecule has 1 aliphatic carbocycles. The minimum absolute atomic E-state index is 0.0538. The monoisotopic (exact) mass is 209 g/mol. The summed E-state index contributed by atoms with van der Waals surface area (Å²) in [6.07, 6.45) is 2.17. The van der Waals surface area contributed by atoms with E-state index in [9.17, 15) is 4.79 Å². The van der Waals surface area contributed by atoms with E-state index in [0.29, 0.717) is 11.7 Å². The molecule has 0 radical (unpaired) electrons. The highest BCUT2D eigenvalue weighted by molar-refractivity contribution is 5.96. The molecule has 0 aliphatic heterocycles. The van der Waals surface area contributed by atoms with Crippen LogP contribution in [0.5, 0.6) is 0 Å². The van der Waals surface area contributed by atoms with Crippen LogP contribution >= 0.6 is 0 Å². The fourth-order valence-electron chi connectivity index (χ4n) is 1.29. The van der Waals surface area contributed by atoms with Gasteiger partial charge in [-0.15, -0.1) is 0 Å². The van der Waals surface area contributed by atoms with Crippen molar-refractivity contribution in [3.63, 3.8) is 0 Å². The number of nitrogens with zero attached hydrogens (tertiary/aromatic N) is 2. The van der Waals surface area contributed by atoms with E-state index in [2.05, 4.69) is 10.1 Å². The third-order valence-electron chi connectivity index (χ3n) is 2.62. The fourth-order valence-corrected chi connectivity index (χ4v) is 1.29. The molecule has 1 fully saturated rings. The van der Waals surface area contributed by atoms with Crippen LogP contribution in [0.1, 0.15) is 49.1 Å². The van der Waals surface area contributed by atoms with Gasteiger partial charge in [0.25, 0.3) is 5.89 Å². The van der Waals surface area contributed by atoms with Gasteiger partial charge in [-0.25, -0.2) is 0 Å². The van der Waals surface area contributed by atoms with Crippen LogP contribution in [0.15, 0.2) is 4.52 Å². The van der Waals surface area contributed by atoms with Crippen LogP contribution in [0.4, 0.5) is 0 Å². The molecule has 5 heteroatoms. The highest BCUT2D eigenvalue weighted by atomic mass is 16.5. The van der Waals surface area contributed by atoms with E-state index in [1.165, 1.54) is 0 Å². The molecule has 0 bridgehead atoms. The van der Waals surface area contributed by atoms with Crippen molar-refractivity contribution in [3.8, 4) is 0 Å². The van der Waals surface area contributed by atoms with Gasteiger partial charge in [-0.1, -0.05) is 19.0 Å². The maximum Gasteiger partial charge on any atom is 0.295 e. The standard InChI is InChI=1S/C10H15N3O2/c1-5(2)7(11)8(14)10-12-9(13-15-10)6-3-4-6/h5-7H,3-4,11H2,1-2H3.